The number of ether oxygens (including phenoxy) is 1. The van der Waals surface area contributed by atoms with Crippen LogP contribution in [0.25, 0.3) is 10.9 Å². The fraction of sp³-hybridized carbons (Fsp3) is 0.375. The molecule has 1 aromatic carbocycles. The average molecular weight is 290 g/mol. The van der Waals surface area contributed by atoms with E-state index in [1.165, 1.54) is 24.8 Å². The molecule has 0 bridgehead atoms. The van der Waals surface area contributed by atoms with Crippen LogP contribution < -0.4 is 0 Å². The van der Waals surface area contributed by atoms with Crippen molar-refractivity contribution in [3.05, 3.63) is 40.5 Å². The zero-order valence-corrected chi connectivity index (χ0v) is 12.1. The summed E-state index contributed by atoms with van der Waals surface area (Å²) in [6, 6.07) is 5.74. The summed E-state index contributed by atoms with van der Waals surface area (Å²) >= 11 is 6.36. The molecule has 0 aliphatic heterocycles. The molecule has 0 atom stereocenters. The SMILES string of the molecule is CCOC(=O)c1cnc2cc(C3CCC3)c(Cl)cc2c1. The maximum Gasteiger partial charge on any atom is 0.339 e. The van der Waals surface area contributed by atoms with E-state index in [9.17, 15) is 4.79 Å². The van der Waals surface area contributed by atoms with Gasteiger partial charge in [-0.1, -0.05) is 18.0 Å². The lowest BCUT2D eigenvalue weighted by atomic mass is 9.80. The van der Waals surface area contributed by atoms with Crippen molar-refractivity contribution in [3.63, 3.8) is 0 Å². The van der Waals surface area contributed by atoms with E-state index < -0.39 is 0 Å². The van der Waals surface area contributed by atoms with E-state index in [0.29, 0.717) is 18.1 Å². The van der Waals surface area contributed by atoms with Gasteiger partial charge >= 0.3 is 5.97 Å². The van der Waals surface area contributed by atoms with Crippen molar-refractivity contribution in [1.82, 2.24) is 4.98 Å². The number of carbonyl (C=O) groups is 1. The number of fused-ring (bicyclic) bond motifs is 1. The zero-order valence-electron chi connectivity index (χ0n) is 11.4. The molecular formula is C16H16ClNO2. The molecule has 0 N–H and O–H groups in total. The molecule has 20 heavy (non-hydrogen) atoms. The van der Waals surface area contributed by atoms with Crippen molar-refractivity contribution in [2.24, 2.45) is 0 Å². The zero-order chi connectivity index (χ0) is 14.1. The smallest absolute Gasteiger partial charge is 0.339 e. The maximum atomic E-state index is 11.7. The first-order valence-electron chi connectivity index (χ1n) is 6.95. The Kier molecular flexibility index (Phi) is 3.62. The predicted octanol–water partition coefficient (Wildman–Crippen LogP) is 4.33. The summed E-state index contributed by atoms with van der Waals surface area (Å²) < 4.78 is 4.98. The third kappa shape index (κ3) is 2.38. The Hall–Kier alpha value is -1.61. The third-order valence-corrected chi connectivity index (χ3v) is 4.18. The van der Waals surface area contributed by atoms with E-state index in [4.69, 9.17) is 16.3 Å². The molecule has 1 aromatic heterocycles. The molecule has 1 heterocycles. The standard InChI is InChI=1S/C16H16ClNO2/c1-2-20-16(19)12-6-11-7-14(17)13(10-4-3-5-10)8-15(11)18-9-12/h6-10H,2-5H2,1H3. The van der Waals surface area contributed by atoms with Crippen LogP contribution in [-0.2, 0) is 4.74 Å². The fourth-order valence-electron chi connectivity index (χ4n) is 2.52. The summed E-state index contributed by atoms with van der Waals surface area (Å²) in [5, 5.41) is 1.65. The van der Waals surface area contributed by atoms with Gasteiger partial charge in [0.2, 0.25) is 0 Å². The summed E-state index contributed by atoms with van der Waals surface area (Å²) in [6.07, 6.45) is 5.24. The van der Waals surface area contributed by atoms with Gasteiger partial charge in [0.25, 0.3) is 0 Å². The van der Waals surface area contributed by atoms with Gasteiger partial charge in [0.1, 0.15) is 0 Å². The van der Waals surface area contributed by atoms with Gasteiger partial charge in [-0.3, -0.25) is 4.98 Å². The monoisotopic (exact) mass is 289 g/mol. The van der Waals surface area contributed by atoms with E-state index in [0.717, 1.165) is 15.9 Å². The van der Waals surface area contributed by atoms with Gasteiger partial charge in [0.15, 0.2) is 0 Å². The van der Waals surface area contributed by atoms with Crippen molar-refractivity contribution in [2.45, 2.75) is 32.1 Å². The molecule has 2 aromatic rings. The summed E-state index contributed by atoms with van der Waals surface area (Å²) in [4.78, 5) is 16.1. The Bertz CT molecular complexity index is 665. The molecule has 0 radical (unpaired) electrons. The van der Waals surface area contributed by atoms with Crippen LogP contribution in [0.15, 0.2) is 24.4 Å². The minimum atomic E-state index is -0.346. The molecule has 4 heteroatoms. The summed E-state index contributed by atoms with van der Waals surface area (Å²) in [5.41, 5.74) is 2.53. The molecule has 0 amide bonds. The van der Waals surface area contributed by atoms with Crippen LogP contribution in [0.2, 0.25) is 5.02 Å². The van der Waals surface area contributed by atoms with Crippen molar-refractivity contribution in [3.8, 4) is 0 Å². The number of hydrogen-bond acceptors (Lipinski definition) is 3. The molecule has 1 aliphatic carbocycles. The first-order chi connectivity index (χ1) is 9.69. The topological polar surface area (TPSA) is 39.2 Å². The number of hydrogen-bond donors (Lipinski definition) is 0. The maximum absolute atomic E-state index is 11.7. The lowest BCUT2D eigenvalue weighted by molar-refractivity contribution is 0.0526. The van der Waals surface area contributed by atoms with Crippen LogP contribution in [0, 0.1) is 0 Å². The van der Waals surface area contributed by atoms with Crippen molar-refractivity contribution in [1.29, 1.82) is 0 Å². The number of benzene rings is 1. The minimum Gasteiger partial charge on any atom is -0.462 e. The van der Waals surface area contributed by atoms with Gasteiger partial charge in [-0.2, -0.15) is 0 Å². The van der Waals surface area contributed by atoms with Crippen LogP contribution in [0.1, 0.15) is 48.0 Å². The second-order valence-electron chi connectivity index (χ2n) is 5.14. The lowest BCUT2D eigenvalue weighted by Crippen LogP contribution is -2.09. The molecule has 0 spiro atoms. The van der Waals surface area contributed by atoms with Gasteiger partial charge in [0.05, 0.1) is 17.7 Å². The molecule has 3 nitrogen and oxygen atoms in total. The number of aromatic nitrogens is 1. The highest BCUT2D eigenvalue weighted by Crippen LogP contribution is 2.40. The number of pyridine rings is 1. The normalized spacial score (nSPS) is 15.1. The van der Waals surface area contributed by atoms with Crippen LogP contribution >= 0.6 is 11.6 Å². The highest BCUT2D eigenvalue weighted by atomic mass is 35.5. The van der Waals surface area contributed by atoms with Gasteiger partial charge in [-0.25, -0.2) is 4.79 Å². The van der Waals surface area contributed by atoms with Crippen molar-refractivity contribution in [2.75, 3.05) is 6.61 Å². The van der Waals surface area contributed by atoms with E-state index in [-0.39, 0.29) is 5.97 Å². The second kappa shape index (κ2) is 5.41. The second-order valence-corrected chi connectivity index (χ2v) is 5.55. The van der Waals surface area contributed by atoms with E-state index in [1.54, 1.807) is 19.2 Å². The summed E-state index contributed by atoms with van der Waals surface area (Å²) in [7, 11) is 0. The Labute approximate surface area is 122 Å². The van der Waals surface area contributed by atoms with E-state index in [1.807, 2.05) is 6.07 Å². The minimum absolute atomic E-state index is 0.346. The first-order valence-corrected chi connectivity index (χ1v) is 7.33. The first kappa shape index (κ1) is 13.4. The predicted molar refractivity (Wildman–Crippen MR) is 79.3 cm³/mol. The van der Waals surface area contributed by atoms with Gasteiger partial charge in [0, 0.05) is 16.6 Å². The lowest BCUT2D eigenvalue weighted by Gasteiger charge is -2.26. The molecule has 0 saturated heterocycles. The van der Waals surface area contributed by atoms with Gasteiger partial charge in [-0.15, -0.1) is 0 Å². The molecule has 1 fully saturated rings. The average Bonchev–Trinajstić information content (AvgIpc) is 2.37. The number of rotatable bonds is 3. The van der Waals surface area contributed by atoms with E-state index >= 15 is 0 Å². The number of esters is 1. The molecular weight excluding hydrogens is 274 g/mol. The molecule has 3 rings (SSSR count). The highest BCUT2D eigenvalue weighted by Gasteiger charge is 2.22. The Morgan fingerprint density at radius 1 is 1.40 bits per heavy atom. The van der Waals surface area contributed by atoms with Crippen LogP contribution in [0.3, 0.4) is 0 Å². The van der Waals surface area contributed by atoms with Gasteiger partial charge in [-0.05, 0) is 49.4 Å². The van der Waals surface area contributed by atoms with Gasteiger partial charge < -0.3 is 4.74 Å². The van der Waals surface area contributed by atoms with Crippen LogP contribution in [0.5, 0.6) is 0 Å². The Morgan fingerprint density at radius 3 is 2.85 bits per heavy atom. The summed E-state index contributed by atoms with van der Waals surface area (Å²) in [6.45, 7) is 2.15. The van der Waals surface area contributed by atoms with E-state index in [2.05, 4.69) is 11.1 Å². The molecule has 1 saturated carbocycles. The van der Waals surface area contributed by atoms with Crippen molar-refractivity contribution < 1.29 is 9.53 Å². The molecule has 104 valence electrons. The van der Waals surface area contributed by atoms with Crippen LogP contribution in [-0.4, -0.2) is 17.6 Å². The number of halogens is 1. The highest BCUT2D eigenvalue weighted by molar-refractivity contribution is 6.32. The number of carbonyl (C=O) groups excluding carboxylic acids is 1. The van der Waals surface area contributed by atoms with Crippen LogP contribution in [0.4, 0.5) is 0 Å². The summed E-state index contributed by atoms with van der Waals surface area (Å²) in [5.74, 6) is 0.222. The van der Waals surface area contributed by atoms with Crippen molar-refractivity contribution >= 4 is 28.5 Å². The molecule has 1 aliphatic rings. The third-order valence-electron chi connectivity index (χ3n) is 3.86. The molecule has 0 unspecified atom stereocenters. The number of nitrogens with zero attached hydrogens (tertiary/aromatic N) is 1. The largest absolute Gasteiger partial charge is 0.462 e. The Morgan fingerprint density at radius 2 is 2.20 bits per heavy atom. The Balaban J connectivity index is 2.00. The fourth-order valence-corrected chi connectivity index (χ4v) is 2.85. The quantitative estimate of drug-likeness (QED) is 0.789.